The smallest absolute Gasteiger partial charge is 0.338 e. The third-order valence-electron chi connectivity index (χ3n) is 15.1. The molecule has 60 heavy (non-hydrogen) atoms. The summed E-state index contributed by atoms with van der Waals surface area (Å²) in [6.45, 7) is 6.42. The first-order valence-corrected chi connectivity index (χ1v) is 21.5. The number of esters is 4. The maximum Gasteiger partial charge on any atom is 0.338 e. The van der Waals surface area contributed by atoms with E-state index in [1.54, 1.807) is 97.1 Å². The second-order valence-corrected chi connectivity index (χ2v) is 18.2. The van der Waals surface area contributed by atoms with E-state index in [9.17, 15) is 29.4 Å². The zero-order valence-corrected chi connectivity index (χ0v) is 34.6. The van der Waals surface area contributed by atoms with E-state index in [0.29, 0.717) is 31.8 Å². The summed E-state index contributed by atoms with van der Waals surface area (Å²) in [7, 11) is 0. The normalized spacial score (nSPS) is 32.7. The number of hydrogen-bond acceptors (Lipinski definition) is 11. The van der Waals surface area contributed by atoms with E-state index in [-0.39, 0.29) is 51.2 Å². The predicted octanol–water partition coefficient (Wildman–Crippen LogP) is 7.64. The van der Waals surface area contributed by atoms with Crippen molar-refractivity contribution in [1.82, 2.24) is 0 Å². The lowest BCUT2D eigenvalue weighted by Crippen LogP contribution is -2.62. The van der Waals surface area contributed by atoms with E-state index in [4.69, 9.17) is 23.7 Å². The van der Waals surface area contributed by atoms with Crippen LogP contribution in [0.2, 0.25) is 0 Å². The van der Waals surface area contributed by atoms with Gasteiger partial charge in [-0.05, 0) is 136 Å². The maximum absolute atomic E-state index is 13.7. The van der Waals surface area contributed by atoms with Crippen LogP contribution in [-0.2, 0) is 28.5 Å². The summed E-state index contributed by atoms with van der Waals surface area (Å²) in [5, 5.41) is 24.7. The minimum atomic E-state index is -1.76. The molecule has 0 saturated heterocycles. The van der Waals surface area contributed by atoms with E-state index in [0.717, 1.165) is 44.1 Å². The molecule has 1 heterocycles. The molecule has 11 heteroatoms. The highest BCUT2D eigenvalue weighted by Gasteiger charge is 2.67. The number of rotatable bonds is 12. The summed E-state index contributed by atoms with van der Waals surface area (Å²) in [6.07, 6.45) is 2.42. The van der Waals surface area contributed by atoms with Crippen LogP contribution in [0.3, 0.4) is 0 Å². The average molecular weight is 821 g/mol. The van der Waals surface area contributed by atoms with Gasteiger partial charge in [0.2, 0.25) is 0 Å². The molecule has 0 aromatic heterocycles. The quantitative estimate of drug-likeness (QED) is 0.105. The molecule has 0 spiro atoms. The fourth-order valence-corrected chi connectivity index (χ4v) is 11.9. The van der Waals surface area contributed by atoms with E-state index >= 15 is 0 Å². The molecule has 5 aliphatic rings. The number of hydrogen-bond donors (Lipinski definition) is 2. The van der Waals surface area contributed by atoms with Crippen LogP contribution in [-0.4, -0.2) is 77.0 Å². The van der Waals surface area contributed by atoms with Gasteiger partial charge in [-0.15, -0.1) is 0 Å². The lowest BCUT2D eigenvalue weighted by molar-refractivity contribution is -0.242. The van der Waals surface area contributed by atoms with Crippen molar-refractivity contribution in [2.24, 2.45) is 34.5 Å². The molecular formula is C49H56O11. The fourth-order valence-electron chi connectivity index (χ4n) is 11.9. The van der Waals surface area contributed by atoms with Crippen molar-refractivity contribution in [3.63, 3.8) is 0 Å². The topological polar surface area (TPSA) is 155 Å². The SMILES string of the molecule is C[C@H](OC(=O)c1ccccc1)[C@@H](OC(=O)c1ccccc1)C(OC(=O)c1ccccc1)[C@H](O)O[C@H]1CC[C@]2(C)C3CC[C@]4(C)[C@@H](C5=CC(=O)OC5)CC[C@]4(O)C3CC[C@@H]2C1. The maximum atomic E-state index is 13.7. The first kappa shape index (κ1) is 41.9. The van der Waals surface area contributed by atoms with Crippen molar-refractivity contribution in [2.45, 2.75) is 115 Å². The van der Waals surface area contributed by atoms with Gasteiger partial charge in [0.05, 0.1) is 28.4 Å². The number of aliphatic hydroxyl groups is 2. The van der Waals surface area contributed by atoms with Crippen LogP contribution in [0.4, 0.5) is 0 Å². The molecule has 4 saturated carbocycles. The average Bonchev–Trinajstić information content (AvgIpc) is 3.81. The zero-order valence-electron chi connectivity index (χ0n) is 34.6. The molecule has 1 aliphatic heterocycles. The molecule has 0 radical (unpaired) electrons. The molecule has 12 atom stereocenters. The van der Waals surface area contributed by atoms with Gasteiger partial charge in [-0.3, -0.25) is 0 Å². The van der Waals surface area contributed by atoms with E-state index < -0.39 is 54.2 Å². The molecule has 318 valence electrons. The highest BCUT2D eigenvalue weighted by molar-refractivity contribution is 5.91. The van der Waals surface area contributed by atoms with Gasteiger partial charge >= 0.3 is 23.9 Å². The van der Waals surface area contributed by atoms with Crippen molar-refractivity contribution < 1.29 is 53.1 Å². The number of cyclic esters (lactones) is 1. The third-order valence-corrected chi connectivity index (χ3v) is 15.1. The summed E-state index contributed by atoms with van der Waals surface area (Å²) in [5.41, 5.74) is 0.474. The molecule has 2 N–H and O–H groups in total. The van der Waals surface area contributed by atoms with E-state index in [1.165, 1.54) is 6.92 Å². The second-order valence-electron chi connectivity index (χ2n) is 18.2. The minimum absolute atomic E-state index is 0.0678. The zero-order chi connectivity index (χ0) is 42.2. The van der Waals surface area contributed by atoms with Crippen LogP contribution >= 0.6 is 0 Å². The Labute approximate surface area is 351 Å². The van der Waals surface area contributed by atoms with Crippen molar-refractivity contribution >= 4 is 23.9 Å². The first-order chi connectivity index (χ1) is 28.8. The van der Waals surface area contributed by atoms with Gasteiger partial charge in [-0.1, -0.05) is 68.4 Å². The van der Waals surface area contributed by atoms with Gasteiger partial charge in [0.25, 0.3) is 0 Å². The molecule has 4 fully saturated rings. The Bertz CT molecular complexity index is 2070. The monoisotopic (exact) mass is 820 g/mol. The summed E-state index contributed by atoms with van der Waals surface area (Å²) in [5.74, 6) is -1.71. The van der Waals surface area contributed by atoms with Crippen molar-refractivity contribution in [1.29, 1.82) is 0 Å². The Morgan fingerprint density at radius 1 is 0.700 bits per heavy atom. The number of ether oxygens (including phenoxy) is 5. The molecule has 3 aromatic carbocycles. The Kier molecular flexibility index (Phi) is 11.8. The van der Waals surface area contributed by atoms with E-state index in [1.807, 2.05) is 0 Å². The summed E-state index contributed by atoms with van der Waals surface area (Å²) >= 11 is 0. The summed E-state index contributed by atoms with van der Waals surface area (Å²) < 4.78 is 29.6. The highest BCUT2D eigenvalue weighted by atomic mass is 16.7. The molecule has 11 nitrogen and oxygen atoms in total. The van der Waals surface area contributed by atoms with Crippen LogP contribution < -0.4 is 0 Å². The Morgan fingerprint density at radius 2 is 1.27 bits per heavy atom. The van der Waals surface area contributed by atoms with Gasteiger partial charge in [0, 0.05) is 11.5 Å². The molecule has 4 aliphatic carbocycles. The third kappa shape index (κ3) is 7.80. The van der Waals surface area contributed by atoms with Gasteiger partial charge in [-0.25, -0.2) is 19.2 Å². The number of carbonyl (C=O) groups is 4. The van der Waals surface area contributed by atoms with Crippen molar-refractivity contribution in [3.05, 3.63) is 119 Å². The van der Waals surface area contributed by atoms with Gasteiger partial charge in [0.15, 0.2) is 18.5 Å². The molecule has 0 amide bonds. The molecule has 3 unspecified atom stereocenters. The van der Waals surface area contributed by atoms with Gasteiger partial charge < -0.3 is 33.9 Å². The van der Waals surface area contributed by atoms with Crippen LogP contribution in [0.5, 0.6) is 0 Å². The number of carbonyl (C=O) groups excluding carboxylic acids is 4. The highest BCUT2D eigenvalue weighted by Crippen LogP contribution is 2.70. The number of fused-ring (bicyclic) bond motifs is 5. The fraction of sp³-hybridized carbons (Fsp3) is 0.510. The minimum Gasteiger partial charge on any atom is -0.458 e. The van der Waals surface area contributed by atoms with Gasteiger partial charge in [-0.2, -0.15) is 0 Å². The van der Waals surface area contributed by atoms with Gasteiger partial charge in [0.1, 0.15) is 12.7 Å². The Balaban J connectivity index is 1.02. The number of benzene rings is 3. The second kappa shape index (κ2) is 16.9. The van der Waals surface area contributed by atoms with E-state index in [2.05, 4.69) is 13.8 Å². The number of aliphatic hydroxyl groups excluding tert-OH is 1. The largest absolute Gasteiger partial charge is 0.458 e. The Morgan fingerprint density at radius 3 is 1.83 bits per heavy atom. The lowest BCUT2D eigenvalue weighted by atomic mass is 9.43. The van der Waals surface area contributed by atoms with Crippen molar-refractivity contribution in [3.8, 4) is 0 Å². The van der Waals surface area contributed by atoms with Crippen LogP contribution in [0, 0.1) is 34.5 Å². The lowest BCUT2D eigenvalue weighted by Gasteiger charge is -2.63. The molecular weight excluding hydrogens is 765 g/mol. The molecule has 8 rings (SSSR count). The Hall–Kier alpha value is -4.84. The predicted molar refractivity (Wildman–Crippen MR) is 219 cm³/mol. The first-order valence-electron chi connectivity index (χ1n) is 21.5. The standard InChI is InChI=1S/C49H56O11/c1-30(57-43(51)31-13-7-4-8-14-31)41(59-44(52)32-15-9-5-10-16-32)42(60-45(53)33-17-11-6-12-18-33)46(54)58-36-21-24-47(2)35(28-36)19-20-39-38(47)22-25-48(3)37(23-26-49(39,48)55)34-27-40(50)56-29-34/h4-18,27,30,35-39,41-42,46,54-55H,19-26,28-29H2,1-3H3/t30-,35+,36-,37+,38?,39?,41+,42?,46+,47-,48+,49-/m0/s1. The summed E-state index contributed by atoms with van der Waals surface area (Å²) in [4.78, 5) is 52.7. The van der Waals surface area contributed by atoms with Crippen LogP contribution in [0.25, 0.3) is 0 Å². The summed E-state index contributed by atoms with van der Waals surface area (Å²) in [6, 6.07) is 24.9. The molecule has 0 bridgehead atoms. The van der Waals surface area contributed by atoms with Crippen LogP contribution in [0.1, 0.15) is 110 Å². The van der Waals surface area contributed by atoms with Crippen molar-refractivity contribution in [2.75, 3.05) is 6.61 Å². The van der Waals surface area contributed by atoms with Crippen LogP contribution in [0.15, 0.2) is 103 Å². The molecule has 3 aromatic rings.